The normalized spacial score (nSPS) is 13.6. The van der Waals surface area contributed by atoms with Gasteiger partial charge >= 0.3 is 5.69 Å². The van der Waals surface area contributed by atoms with Gasteiger partial charge in [-0.25, -0.2) is 4.79 Å². The lowest BCUT2D eigenvalue weighted by molar-refractivity contribution is 0.564. The number of anilines is 2. The van der Waals surface area contributed by atoms with Crippen LogP contribution in [0.5, 0.6) is 0 Å². The van der Waals surface area contributed by atoms with Crippen molar-refractivity contribution in [3.05, 3.63) is 51.2 Å². The second-order valence-electron chi connectivity index (χ2n) is 6.37. The fourth-order valence-corrected chi connectivity index (χ4v) is 3.44. The number of unbranched alkanes of at least 4 members (excludes halogenated alkanes) is 1. The van der Waals surface area contributed by atoms with E-state index in [9.17, 15) is 9.59 Å². The monoisotopic (exact) mass is 339 g/mol. The molecule has 7 heteroatoms. The number of fused-ring (bicyclic) bond motifs is 3. The van der Waals surface area contributed by atoms with Crippen LogP contribution in [0.2, 0.25) is 0 Å². The maximum absolute atomic E-state index is 12.9. The Labute approximate surface area is 144 Å². The first-order chi connectivity index (χ1) is 12.1. The van der Waals surface area contributed by atoms with Crippen molar-refractivity contribution in [3.8, 4) is 0 Å². The van der Waals surface area contributed by atoms with Crippen LogP contribution in [0.4, 0.5) is 11.6 Å². The quantitative estimate of drug-likeness (QED) is 0.728. The molecule has 130 valence electrons. The van der Waals surface area contributed by atoms with Gasteiger partial charge in [0.05, 0.1) is 0 Å². The van der Waals surface area contributed by atoms with E-state index >= 15 is 0 Å². The zero-order chi connectivity index (χ0) is 17.6. The summed E-state index contributed by atoms with van der Waals surface area (Å²) in [6, 6.07) is 9.97. The molecule has 0 unspecified atom stereocenters. The molecule has 0 saturated carbocycles. The molecule has 25 heavy (non-hydrogen) atoms. The molecule has 0 atom stereocenters. The van der Waals surface area contributed by atoms with Crippen LogP contribution in [-0.2, 0) is 20.1 Å². The number of aromatic nitrogens is 4. The van der Waals surface area contributed by atoms with Crippen LogP contribution in [0, 0.1) is 0 Å². The first-order valence-electron chi connectivity index (χ1n) is 8.66. The van der Waals surface area contributed by atoms with Gasteiger partial charge in [-0.05, 0) is 18.6 Å². The van der Waals surface area contributed by atoms with Crippen LogP contribution in [0.25, 0.3) is 11.2 Å². The molecule has 7 nitrogen and oxygen atoms in total. The van der Waals surface area contributed by atoms with E-state index in [0.717, 1.165) is 31.0 Å². The molecule has 0 fully saturated rings. The highest BCUT2D eigenvalue weighted by Crippen LogP contribution is 2.31. The summed E-state index contributed by atoms with van der Waals surface area (Å²) in [5, 5.41) is 0. The smallest absolute Gasteiger partial charge is 0.310 e. The standard InChI is InChI=1S/C18H21N5O2/c1-3-4-10-23-16(24)14-15(20(2)18(23)25)19-17-21(11-12-22(14)17)13-8-6-5-7-9-13/h5-9H,3-4,10-12H2,1-2H3. The van der Waals surface area contributed by atoms with Crippen LogP contribution in [0.1, 0.15) is 19.8 Å². The molecule has 0 radical (unpaired) electrons. The van der Waals surface area contributed by atoms with Crippen molar-refractivity contribution in [3.63, 3.8) is 0 Å². The Morgan fingerprint density at radius 1 is 1.12 bits per heavy atom. The molecule has 0 bridgehead atoms. The molecular weight excluding hydrogens is 318 g/mol. The third-order valence-corrected chi connectivity index (χ3v) is 4.80. The summed E-state index contributed by atoms with van der Waals surface area (Å²) in [6.45, 7) is 3.94. The molecule has 0 N–H and O–H groups in total. The van der Waals surface area contributed by atoms with Gasteiger partial charge in [-0.1, -0.05) is 31.5 Å². The van der Waals surface area contributed by atoms with Crippen LogP contribution in [0.15, 0.2) is 39.9 Å². The molecule has 1 aliphatic heterocycles. The summed E-state index contributed by atoms with van der Waals surface area (Å²) < 4.78 is 4.76. The number of para-hydroxylation sites is 1. The predicted octanol–water partition coefficient (Wildman–Crippen LogP) is 1.85. The van der Waals surface area contributed by atoms with Gasteiger partial charge in [-0.15, -0.1) is 0 Å². The Bertz CT molecular complexity index is 1050. The first-order valence-corrected chi connectivity index (χ1v) is 8.66. The van der Waals surface area contributed by atoms with Gasteiger partial charge in [-0.2, -0.15) is 4.98 Å². The van der Waals surface area contributed by atoms with Crippen molar-refractivity contribution < 1.29 is 0 Å². The van der Waals surface area contributed by atoms with E-state index in [1.807, 2.05) is 41.8 Å². The number of benzene rings is 1. The Balaban J connectivity index is 1.94. The summed E-state index contributed by atoms with van der Waals surface area (Å²) in [4.78, 5) is 32.2. The molecule has 0 saturated heterocycles. The second-order valence-corrected chi connectivity index (χ2v) is 6.37. The van der Waals surface area contributed by atoms with Gasteiger partial charge in [0.2, 0.25) is 5.95 Å². The van der Waals surface area contributed by atoms with Crippen molar-refractivity contribution in [2.75, 3.05) is 11.4 Å². The SMILES string of the molecule is CCCCn1c(=O)c2c(nc3n2CCN3c2ccccc2)n(C)c1=O. The van der Waals surface area contributed by atoms with Crippen LogP contribution in [0.3, 0.4) is 0 Å². The van der Waals surface area contributed by atoms with Gasteiger partial charge in [0.1, 0.15) is 0 Å². The van der Waals surface area contributed by atoms with E-state index in [0.29, 0.717) is 24.3 Å². The third-order valence-electron chi connectivity index (χ3n) is 4.80. The largest absolute Gasteiger partial charge is 0.332 e. The van der Waals surface area contributed by atoms with Crippen molar-refractivity contribution in [2.45, 2.75) is 32.9 Å². The van der Waals surface area contributed by atoms with Crippen molar-refractivity contribution in [1.29, 1.82) is 0 Å². The zero-order valence-corrected chi connectivity index (χ0v) is 14.5. The van der Waals surface area contributed by atoms with E-state index in [1.54, 1.807) is 7.05 Å². The summed E-state index contributed by atoms with van der Waals surface area (Å²) in [5.41, 5.74) is 1.48. The predicted molar refractivity (Wildman–Crippen MR) is 97.6 cm³/mol. The number of imidazole rings is 1. The van der Waals surface area contributed by atoms with Crippen molar-refractivity contribution in [2.24, 2.45) is 7.05 Å². The fourth-order valence-electron chi connectivity index (χ4n) is 3.44. The molecule has 0 aliphatic carbocycles. The molecule has 3 heterocycles. The molecule has 0 spiro atoms. The minimum absolute atomic E-state index is 0.236. The summed E-state index contributed by atoms with van der Waals surface area (Å²) >= 11 is 0. The highest BCUT2D eigenvalue weighted by molar-refractivity contribution is 5.77. The van der Waals surface area contributed by atoms with Gasteiger partial charge in [0.15, 0.2) is 11.2 Å². The Hall–Kier alpha value is -2.83. The van der Waals surface area contributed by atoms with Crippen molar-refractivity contribution >= 4 is 22.8 Å². The Kier molecular flexibility index (Phi) is 3.71. The average molecular weight is 339 g/mol. The summed E-state index contributed by atoms with van der Waals surface area (Å²) in [6.07, 6.45) is 1.73. The van der Waals surface area contributed by atoms with Gasteiger partial charge in [0, 0.05) is 32.4 Å². The van der Waals surface area contributed by atoms with E-state index < -0.39 is 0 Å². The molecular formula is C18H21N5O2. The van der Waals surface area contributed by atoms with Gasteiger partial charge < -0.3 is 9.47 Å². The number of nitrogens with zero attached hydrogens (tertiary/aromatic N) is 5. The van der Waals surface area contributed by atoms with Crippen LogP contribution < -0.4 is 16.1 Å². The Morgan fingerprint density at radius 2 is 1.88 bits per heavy atom. The minimum Gasteiger partial charge on any atom is -0.310 e. The first kappa shape index (κ1) is 15.7. The van der Waals surface area contributed by atoms with E-state index in [4.69, 9.17) is 0 Å². The number of rotatable bonds is 4. The molecule has 2 aromatic heterocycles. The maximum Gasteiger partial charge on any atom is 0.332 e. The third kappa shape index (κ3) is 2.30. The molecule has 1 aromatic carbocycles. The van der Waals surface area contributed by atoms with Crippen LogP contribution >= 0.6 is 0 Å². The number of hydrogen-bond acceptors (Lipinski definition) is 4. The summed E-state index contributed by atoms with van der Waals surface area (Å²) in [5.74, 6) is 0.724. The molecule has 4 rings (SSSR count). The van der Waals surface area contributed by atoms with E-state index in [1.165, 1.54) is 9.13 Å². The maximum atomic E-state index is 12.9. The Morgan fingerprint density at radius 3 is 2.60 bits per heavy atom. The highest BCUT2D eigenvalue weighted by Gasteiger charge is 2.28. The average Bonchev–Trinajstić information content (AvgIpc) is 3.20. The lowest BCUT2D eigenvalue weighted by atomic mass is 10.3. The molecule has 3 aromatic rings. The highest BCUT2D eigenvalue weighted by atomic mass is 16.2. The fraction of sp³-hybridized carbons (Fsp3) is 0.389. The van der Waals surface area contributed by atoms with Crippen molar-refractivity contribution in [1.82, 2.24) is 18.7 Å². The van der Waals surface area contributed by atoms with Gasteiger partial charge in [-0.3, -0.25) is 13.9 Å². The van der Waals surface area contributed by atoms with E-state index in [2.05, 4.69) is 9.88 Å². The number of aryl methyl sites for hydroxylation is 1. The van der Waals surface area contributed by atoms with Crippen LogP contribution in [-0.4, -0.2) is 25.2 Å². The lowest BCUT2D eigenvalue weighted by Gasteiger charge is -2.15. The van der Waals surface area contributed by atoms with E-state index in [-0.39, 0.29) is 11.2 Å². The number of hydrogen-bond donors (Lipinski definition) is 0. The zero-order valence-electron chi connectivity index (χ0n) is 14.5. The second kappa shape index (κ2) is 5.91. The lowest BCUT2D eigenvalue weighted by Crippen LogP contribution is -2.39. The summed E-state index contributed by atoms with van der Waals surface area (Å²) in [7, 11) is 1.68. The molecule has 1 aliphatic rings. The minimum atomic E-state index is -0.297. The topological polar surface area (TPSA) is 65.1 Å². The van der Waals surface area contributed by atoms with Gasteiger partial charge in [0.25, 0.3) is 5.56 Å². The molecule has 0 amide bonds.